The minimum Gasteiger partial charge on any atom is -0.481 e. The van der Waals surface area contributed by atoms with Crippen LogP contribution in [0, 0.1) is 0 Å². The Morgan fingerprint density at radius 1 is 1.15 bits per heavy atom. The summed E-state index contributed by atoms with van der Waals surface area (Å²) >= 11 is 0. The monoisotopic (exact) mass is 365 g/mol. The third-order valence-electron chi connectivity index (χ3n) is 5.50. The number of carbonyl (C=O) groups excluding carboxylic acids is 1. The second kappa shape index (κ2) is 8.09. The number of likely N-dealkylation sites (tertiary alicyclic amines) is 1. The molecule has 2 fully saturated rings. The van der Waals surface area contributed by atoms with Gasteiger partial charge in [-0.05, 0) is 61.9 Å². The van der Waals surface area contributed by atoms with E-state index in [4.69, 9.17) is 4.74 Å². The molecule has 27 heavy (non-hydrogen) atoms. The topological polar surface area (TPSA) is 54.5 Å². The van der Waals surface area contributed by atoms with E-state index in [-0.39, 0.29) is 11.9 Å². The molecule has 1 saturated carbocycles. The number of benzene rings is 1. The molecule has 5 nitrogen and oxygen atoms in total. The van der Waals surface area contributed by atoms with Crippen LogP contribution in [0.15, 0.2) is 42.5 Å². The van der Waals surface area contributed by atoms with Crippen LogP contribution in [0.2, 0.25) is 0 Å². The molecular formula is C22H27N3O2. The van der Waals surface area contributed by atoms with Crippen LogP contribution < -0.4 is 10.1 Å². The number of carbonyl (C=O) groups is 1. The van der Waals surface area contributed by atoms with Crippen LogP contribution in [0.4, 0.5) is 5.69 Å². The summed E-state index contributed by atoms with van der Waals surface area (Å²) in [6.07, 6.45) is 5.67. The Labute approximate surface area is 160 Å². The van der Waals surface area contributed by atoms with Crippen molar-refractivity contribution in [3.8, 4) is 5.88 Å². The summed E-state index contributed by atoms with van der Waals surface area (Å²) in [5, 5.41) is 3.11. The summed E-state index contributed by atoms with van der Waals surface area (Å²) < 4.78 is 5.22. The van der Waals surface area contributed by atoms with Gasteiger partial charge in [0, 0.05) is 18.3 Å². The minimum atomic E-state index is -0.116. The lowest BCUT2D eigenvalue weighted by Gasteiger charge is -2.34. The van der Waals surface area contributed by atoms with Gasteiger partial charge in [-0.1, -0.05) is 24.6 Å². The second-order valence-electron chi connectivity index (χ2n) is 7.54. The molecule has 1 aromatic carbocycles. The fourth-order valence-electron chi connectivity index (χ4n) is 3.83. The fourth-order valence-corrected chi connectivity index (χ4v) is 3.83. The highest BCUT2D eigenvalue weighted by Gasteiger charge is 2.29. The molecule has 1 aliphatic carbocycles. The smallest absolute Gasteiger partial charge is 0.241 e. The van der Waals surface area contributed by atoms with Crippen LogP contribution in [0.3, 0.4) is 0 Å². The van der Waals surface area contributed by atoms with Gasteiger partial charge >= 0.3 is 0 Å². The molecule has 2 heterocycles. The number of nitrogens with zero attached hydrogens (tertiary/aromatic N) is 2. The molecule has 4 rings (SSSR count). The van der Waals surface area contributed by atoms with Crippen molar-refractivity contribution in [3.63, 3.8) is 0 Å². The standard InChI is InChI=1S/C22H27N3O2/c1-27-21-7-4-5-19(23-21)15-25-14-3-2-6-20(25)22(26)24-18-12-10-17(11-13-18)16-8-9-16/h4-5,7,10-13,16,20H,2-3,6,8-9,14-15H2,1H3,(H,24,26)/t20-/m1/s1. The van der Waals surface area contributed by atoms with Gasteiger partial charge in [0.1, 0.15) is 0 Å². The number of hydrogen-bond donors (Lipinski definition) is 1. The first-order valence-electron chi connectivity index (χ1n) is 9.88. The Balaban J connectivity index is 1.41. The summed E-state index contributed by atoms with van der Waals surface area (Å²) in [7, 11) is 1.62. The highest BCUT2D eigenvalue weighted by Crippen LogP contribution is 2.40. The van der Waals surface area contributed by atoms with Gasteiger partial charge in [0.2, 0.25) is 11.8 Å². The van der Waals surface area contributed by atoms with Crippen molar-refractivity contribution in [2.45, 2.75) is 50.6 Å². The zero-order valence-electron chi connectivity index (χ0n) is 15.9. The molecule has 1 amide bonds. The highest BCUT2D eigenvalue weighted by molar-refractivity contribution is 5.94. The highest BCUT2D eigenvalue weighted by atomic mass is 16.5. The summed E-state index contributed by atoms with van der Waals surface area (Å²) in [6.45, 7) is 1.58. The van der Waals surface area contributed by atoms with E-state index in [9.17, 15) is 4.79 Å². The van der Waals surface area contributed by atoms with Crippen LogP contribution in [-0.2, 0) is 11.3 Å². The largest absolute Gasteiger partial charge is 0.481 e. The van der Waals surface area contributed by atoms with Crippen molar-refractivity contribution < 1.29 is 9.53 Å². The predicted molar refractivity (Wildman–Crippen MR) is 106 cm³/mol. The summed E-state index contributed by atoms with van der Waals surface area (Å²) in [5.41, 5.74) is 3.20. The van der Waals surface area contributed by atoms with Crippen molar-refractivity contribution in [2.24, 2.45) is 0 Å². The fraction of sp³-hybridized carbons (Fsp3) is 0.455. The second-order valence-corrected chi connectivity index (χ2v) is 7.54. The first-order chi connectivity index (χ1) is 13.2. The lowest BCUT2D eigenvalue weighted by Crippen LogP contribution is -2.46. The molecule has 2 aromatic rings. The first-order valence-corrected chi connectivity index (χ1v) is 9.88. The zero-order valence-corrected chi connectivity index (χ0v) is 15.9. The van der Waals surface area contributed by atoms with E-state index in [0.29, 0.717) is 12.4 Å². The van der Waals surface area contributed by atoms with Crippen molar-refractivity contribution in [2.75, 3.05) is 19.0 Å². The van der Waals surface area contributed by atoms with E-state index in [1.807, 2.05) is 30.3 Å². The molecule has 142 valence electrons. The number of aromatic nitrogens is 1. The number of nitrogens with one attached hydrogen (secondary N) is 1. The molecule has 1 aliphatic heterocycles. The van der Waals surface area contributed by atoms with Gasteiger partial charge in [-0.3, -0.25) is 9.69 Å². The minimum absolute atomic E-state index is 0.0803. The lowest BCUT2D eigenvalue weighted by molar-refractivity contribution is -0.122. The number of hydrogen-bond acceptors (Lipinski definition) is 4. The number of rotatable bonds is 6. The predicted octanol–water partition coefficient (Wildman–Crippen LogP) is 3.96. The van der Waals surface area contributed by atoms with E-state index < -0.39 is 0 Å². The van der Waals surface area contributed by atoms with Gasteiger partial charge in [-0.15, -0.1) is 0 Å². The first kappa shape index (κ1) is 18.0. The van der Waals surface area contributed by atoms with Gasteiger partial charge in [0.05, 0.1) is 18.8 Å². The Bertz CT molecular complexity index is 786. The number of ether oxygens (including phenoxy) is 1. The van der Waals surface area contributed by atoms with Crippen molar-refractivity contribution in [1.82, 2.24) is 9.88 Å². The Morgan fingerprint density at radius 2 is 1.96 bits per heavy atom. The molecule has 1 saturated heterocycles. The third-order valence-corrected chi connectivity index (χ3v) is 5.50. The molecule has 1 atom stereocenters. The van der Waals surface area contributed by atoms with E-state index in [2.05, 4.69) is 27.3 Å². The maximum Gasteiger partial charge on any atom is 0.241 e. The van der Waals surface area contributed by atoms with Crippen LogP contribution >= 0.6 is 0 Å². The SMILES string of the molecule is COc1cccc(CN2CCCC[C@@H]2C(=O)Nc2ccc(C3CC3)cc2)n1. The van der Waals surface area contributed by atoms with Crippen LogP contribution in [0.1, 0.15) is 49.3 Å². The van der Waals surface area contributed by atoms with Gasteiger partial charge in [0.15, 0.2) is 0 Å². The molecule has 5 heteroatoms. The average Bonchev–Trinajstić information content (AvgIpc) is 3.54. The molecule has 0 bridgehead atoms. The summed E-state index contributed by atoms with van der Waals surface area (Å²) in [6, 6.07) is 14.0. The Morgan fingerprint density at radius 3 is 2.70 bits per heavy atom. The molecule has 0 radical (unpaired) electrons. The summed E-state index contributed by atoms with van der Waals surface area (Å²) in [4.78, 5) is 19.7. The number of amides is 1. The van der Waals surface area contributed by atoms with E-state index >= 15 is 0 Å². The van der Waals surface area contributed by atoms with Gasteiger partial charge in [-0.25, -0.2) is 4.98 Å². The third kappa shape index (κ3) is 4.48. The Hall–Kier alpha value is -2.40. The molecule has 0 spiro atoms. The van der Waals surface area contributed by atoms with Crippen LogP contribution in [0.5, 0.6) is 5.88 Å². The normalized spacial score (nSPS) is 20.3. The molecule has 1 N–H and O–H groups in total. The van der Waals surface area contributed by atoms with Gasteiger partial charge < -0.3 is 10.1 Å². The number of anilines is 1. The maximum absolute atomic E-state index is 12.9. The van der Waals surface area contributed by atoms with Crippen molar-refractivity contribution in [1.29, 1.82) is 0 Å². The van der Waals surface area contributed by atoms with Crippen LogP contribution in [-0.4, -0.2) is 35.5 Å². The Kier molecular flexibility index (Phi) is 5.39. The zero-order chi connectivity index (χ0) is 18.6. The number of pyridine rings is 1. The quantitative estimate of drug-likeness (QED) is 0.842. The molecule has 1 aromatic heterocycles. The lowest BCUT2D eigenvalue weighted by atomic mass is 10.0. The van der Waals surface area contributed by atoms with Crippen molar-refractivity contribution in [3.05, 3.63) is 53.7 Å². The number of piperidine rings is 1. The molecule has 2 aliphatic rings. The maximum atomic E-state index is 12.9. The molecule has 0 unspecified atom stereocenters. The van der Waals surface area contributed by atoms with E-state index in [1.165, 1.54) is 18.4 Å². The van der Waals surface area contributed by atoms with E-state index in [0.717, 1.165) is 43.1 Å². The average molecular weight is 365 g/mol. The van der Waals surface area contributed by atoms with Crippen molar-refractivity contribution >= 4 is 11.6 Å². The van der Waals surface area contributed by atoms with E-state index in [1.54, 1.807) is 7.11 Å². The summed E-state index contributed by atoms with van der Waals surface area (Å²) in [5.74, 6) is 1.43. The van der Waals surface area contributed by atoms with Crippen LogP contribution in [0.25, 0.3) is 0 Å². The van der Waals surface area contributed by atoms with Gasteiger partial charge in [0.25, 0.3) is 0 Å². The van der Waals surface area contributed by atoms with Gasteiger partial charge in [-0.2, -0.15) is 0 Å². The number of methoxy groups -OCH3 is 1. The molecular weight excluding hydrogens is 338 g/mol.